The van der Waals surface area contributed by atoms with Crippen LogP contribution in [0, 0.1) is 0 Å². The Labute approximate surface area is 120 Å². The molecule has 0 unspecified atom stereocenters. The Hall–Kier alpha value is -1.37. The van der Waals surface area contributed by atoms with E-state index in [1.165, 1.54) is 22.5 Å². The predicted molar refractivity (Wildman–Crippen MR) is 79.9 cm³/mol. The first-order chi connectivity index (χ1) is 9.38. The molecule has 0 amide bonds. The van der Waals surface area contributed by atoms with E-state index in [0.29, 0.717) is 5.69 Å². The lowest BCUT2D eigenvalue weighted by atomic mass is 10.3. The van der Waals surface area contributed by atoms with Crippen molar-refractivity contribution in [2.24, 2.45) is 0 Å². The number of aliphatic hydroxyl groups excluding tert-OH is 1. The Morgan fingerprint density at radius 3 is 2.25 bits per heavy atom. The van der Waals surface area contributed by atoms with Gasteiger partial charge in [0.2, 0.25) is 10.0 Å². The fourth-order valence-corrected chi connectivity index (χ4v) is 3.39. The van der Waals surface area contributed by atoms with Crippen LogP contribution in [-0.4, -0.2) is 35.5 Å². The van der Waals surface area contributed by atoms with Gasteiger partial charge in [0.25, 0.3) is 0 Å². The van der Waals surface area contributed by atoms with E-state index in [-0.39, 0.29) is 30.6 Å². The Balaban J connectivity index is 3.26. The molecule has 5 nitrogen and oxygen atoms in total. The first kappa shape index (κ1) is 16.7. The zero-order valence-electron chi connectivity index (χ0n) is 12.0. The van der Waals surface area contributed by atoms with E-state index in [9.17, 15) is 13.5 Å². The first-order valence-electron chi connectivity index (χ1n) is 6.42. The van der Waals surface area contributed by atoms with Crippen molar-refractivity contribution >= 4 is 10.0 Å². The highest BCUT2D eigenvalue weighted by Gasteiger charge is 2.25. The average Bonchev–Trinajstić information content (AvgIpc) is 2.83. The maximum atomic E-state index is 12.6. The highest BCUT2D eigenvalue weighted by Crippen LogP contribution is 2.22. The summed E-state index contributed by atoms with van der Waals surface area (Å²) < 4.78 is 28.1. The zero-order chi connectivity index (χ0) is 15.3. The van der Waals surface area contributed by atoms with Crippen LogP contribution in [0.3, 0.4) is 0 Å². The zero-order valence-corrected chi connectivity index (χ0v) is 12.8. The third-order valence-electron chi connectivity index (χ3n) is 2.93. The van der Waals surface area contributed by atoms with Crippen molar-refractivity contribution in [3.05, 3.63) is 43.3 Å². The van der Waals surface area contributed by atoms with Crippen LogP contribution >= 0.6 is 0 Å². The minimum Gasteiger partial charge on any atom is -0.390 e. The van der Waals surface area contributed by atoms with Gasteiger partial charge in [0.05, 0.1) is 6.61 Å². The molecule has 0 saturated carbocycles. The molecular weight excluding hydrogens is 276 g/mol. The van der Waals surface area contributed by atoms with Crippen LogP contribution in [0.25, 0.3) is 0 Å². The molecule has 112 valence electrons. The molecule has 0 radical (unpaired) electrons. The van der Waals surface area contributed by atoms with Gasteiger partial charge in [-0.05, 0) is 19.9 Å². The van der Waals surface area contributed by atoms with Crippen molar-refractivity contribution in [1.82, 2.24) is 8.87 Å². The summed E-state index contributed by atoms with van der Waals surface area (Å²) in [5, 5.41) is 9.33. The summed E-state index contributed by atoms with van der Waals surface area (Å²) in [6.07, 6.45) is 4.63. The second kappa shape index (κ2) is 6.88. The molecule has 0 atom stereocenters. The second-order valence-corrected chi connectivity index (χ2v) is 6.66. The van der Waals surface area contributed by atoms with Crippen LogP contribution in [0.15, 0.2) is 42.5 Å². The molecule has 0 fully saturated rings. The van der Waals surface area contributed by atoms with Crippen molar-refractivity contribution < 1.29 is 13.5 Å². The number of hydrogen-bond donors (Lipinski definition) is 1. The van der Waals surface area contributed by atoms with Crippen molar-refractivity contribution in [3.63, 3.8) is 0 Å². The summed E-state index contributed by atoms with van der Waals surface area (Å²) in [5.41, 5.74) is 0.579. The number of hydrogen-bond acceptors (Lipinski definition) is 3. The minimum absolute atomic E-state index is 0.0772. The summed E-state index contributed by atoms with van der Waals surface area (Å²) in [5.74, 6) is 0. The van der Waals surface area contributed by atoms with Crippen molar-refractivity contribution in [1.29, 1.82) is 0 Å². The Kier molecular flexibility index (Phi) is 5.74. The first-order valence-corrected chi connectivity index (χ1v) is 7.86. The van der Waals surface area contributed by atoms with E-state index >= 15 is 0 Å². The van der Waals surface area contributed by atoms with Crippen LogP contribution in [0.1, 0.15) is 25.6 Å². The molecule has 0 saturated heterocycles. The average molecular weight is 298 g/mol. The molecule has 0 aliphatic heterocycles. The van der Waals surface area contributed by atoms with E-state index in [2.05, 4.69) is 13.2 Å². The number of aliphatic hydroxyl groups is 1. The third-order valence-corrected chi connectivity index (χ3v) is 4.73. The Bertz CT molecular complexity index is 563. The summed E-state index contributed by atoms with van der Waals surface area (Å²) >= 11 is 0. The second-order valence-electron chi connectivity index (χ2n) is 4.73. The molecular formula is C14H22N2O3S. The monoisotopic (exact) mass is 298 g/mol. The van der Waals surface area contributed by atoms with Crippen LogP contribution in [0.5, 0.6) is 0 Å². The van der Waals surface area contributed by atoms with Gasteiger partial charge in [0.1, 0.15) is 4.90 Å². The van der Waals surface area contributed by atoms with Gasteiger partial charge in [0, 0.05) is 31.0 Å². The van der Waals surface area contributed by atoms with E-state index in [1.807, 2.05) is 13.8 Å². The maximum Gasteiger partial charge on any atom is 0.245 e. The van der Waals surface area contributed by atoms with Gasteiger partial charge in [-0.1, -0.05) is 12.2 Å². The molecule has 0 aromatic carbocycles. The highest BCUT2D eigenvalue weighted by molar-refractivity contribution is 7.89. The van der Waals surface area contributed by atoms with E-state index in [0.717, 1.165) is 0 Å². The Morgan fingerprint density at radius 2 is 1.90 bits per heavy atom. The molecule has 1 aromatic rings. The summed E-state index contributed by atoms with van der Waals surface area (Å²) in [6.45, 7) is 11.2. The summed E-state index contributed by atoms with van der Waals surface area (Å²) in [4.78, 5) is 0.180. The smallest absolute Gasteiger partial charge is 0.245 e. The van der Waals surface area contributed by atoms with Crippen molar-refractivity contribution in [2.75, 3.05) is 13.1 Å². The highest BCUT2D eigenvalue weighted by atomic mass is 32.2. The van der Waals surface area contributed by atoms with Gasteiger partial charge >= 0.3 is 0 Å². The molecule has 0 aliphatic carbocycles. The number of nitrogens with zero attached hydrogens (tertiary/aromatic N) is 2. The third kappa shape index (κ3) is 3.39. The fraction of sp³-hybridized carbons (Fsp3) is 0.429. The lowest BCUT2D eigenvalue weighted by Gasteiger charge is -2.18. The van der Waals surface area contributed by atoms with Crippen molar-refractivity contribution in [2.45, 2.75) is 31.4 Å². The largest absolute Gasteiger partial charge is 0.390 e. The fourth-order valence-electron chi connectivity index (χ4n) is 1.95. The Morgan fingerprint density at radius 1 is 1.35 bits per heavy atom. The molecule has 1 aromatic heterocycles. The van der Waals surface area contributed by atoms with Crippen LogP contribution < -0.4 is 0 Å². The molecule has 20 heavy (non-hydrogen) atoms. The number of aromatic nitrogens is 1. The number of sulfonamides is 1. The SMILES string of the molecule is C=CCN(CC=C)S(=O)(=O)c1cc(CO)n(C(C)C)c1. The normalized spacial score (nSPS) is 12.1. The molecule has 1 heterocycles. The summed E-state index contributed by atoms with van der Waals surface area (Å²) in [6, 6.07) is 1.59. The topological polar surface area (TPSA) is 62.5 Å². The van der Waals surface area contributed by atoms with Gasteiger partial charge in [-0.3, -0.25) is 0 Å². The van der Waals surface area contributed by atoms with E-state index < -0.39 is 10.0 Å². The quantitative estimate of drug-likeness (QED) is 0.746. The van der Waals surface area contributed by atoms with Gasteiger partial charge in [-0.2, -0.15) is 4.31 Å². The van der Waals surface area contributed by atoms with Gasteiger partial charge in [-0.15, -0.1) is 13.2 Å². The molecule has 1 N–H and O–H groups in total. The van der Waals surface area contributed by atoms with Gasteiger partial charge in [-0.25, -0.2) is 8.42 Å². The predicted octanol–water partition coefficient (Wildman–Crippen LogP) is 1.92. The van der Waals surface area contributed by atoms with Crippen LogP contribution in [-0.2, 0) is 16.6 Å². The number of rotatable bonds is 8. The molecule has 0 spiro atoms. The molecule has 6 heteroatoms. The standard InChI is InChI=1S/C14H22N2O3S/c1-5-7-15(8-6-2)20(18,19)14-9-13(11-17)16(10-14)12(3)4/h5-6,9-10,12,17H,1-2,7-8,11H2,3-4H3. The molecule has 1 rings (SSSR count). The maximum absolute atomic E-state index is 12.6. The molecule has 0 aliphatic rings. The van der Waals surface area contributed by atoms with Crippen LogP contribution in [0.2, 0.25) is 0 Å². The summed E-state index contributed by atoms with van der Waals surface area (Å²) in [7, 11) is -3.61. The minimum atomic E-state index is -3.61. The lowest BCUT2D eigenvalue weighted by molar-refractivity contribution is 0.268. The molecule has 0 bridgehead atoms. The van der Waals surface area contributed by atoms with Crippen LogP contribution in [0.4, 0.5) is 0 Å². The van der Waals surface area contributed by atoms with Gasteiger partial charge < -0.3 is 9.67 Å². The van der Waals surface area contributed by atoms with E-state index in [4.69, 9.17) is 0 Å². The van der Waals surface area contributed by atoms with Gasteiger partial charge in [0.15, 0.2) is 0 Å². The lowest BCUT2D eigenvalue weighted by Crippen LogP contribution is -2.31. The van der Waals surface area contributed by atoms with Crippen molar-refractivity contribution in [3.8, 4) is 0 Å². The van der Waals surface area contributed by atoms with E-state index in [1.54, 1.807) is 10.8 Å².